The predicted octanol–water partition coefficient (Wildman–Crippen LogP) is 14.9. The molecule has 0 unspecified atom stereocenters. The van der Waals surface area contributed by atoms with Crippen LogP contribution in [0.4, 0.5) is 0 Å². The molecule has 0 saturated heterocycles. The second-order valence-corrected chi connectivity index (χ2v) is 16.6. The largest absolute Gasteiger partial charge is 0.309 e. The molecule has 0 saturated carbocycles. The summed E-state index contributed by atoms with van der Waals surface area (Å²) in [4.78, 5) is 10.3. The molecule has 9 aromatic carbocycles. The van der Waals surface area contributed by atoms with Gasteiger partial charge in [-0.3, -0.25) is 0 Å². The minimum absolute atomic E-state index is 0.112. The van der Waals surface area contributed by atoms with Crippen molar-refractivity contribution < 1.29 is 0 Å². The van der Waals surface area contributed by atoms with Crippen LogP contribution in [0.2, 0.25) is 0 Å². The highest BCUT2D eigenvalue weighted by Gasteiger charge is 2.37. The Kier molecular flexibility index (Phi) is 7.58. The number of nitrogens with zero attached hydrogens (tertiary/aromatic N) is 3. The minimum Gasteiger partial charge on any atom is -0.309 e. The molecule has 11 aromatic rings. The van der Waals surface area contributed by atoms with Crippen LogP contribution >= 0.6 is 0 Å². The predicted molar refractivity (Wildman–Crippen MR) is 251 cm³/mol. The standard InChI is InChI=1S/C57H39N3/c1-57(2)49-26-10-8-22-44(49)46-25-14-24-43(54(46)57)40-30-32-52-48(34-40)45-31-29-39(35-53(45)60(52)51-28-13-18-36-15-6-7-21-42(36)51)38-19-12-20-41(33-38)56-58-50-27-11-9-23-47(50)55(59-56)37-16-4-3-5-17-37/h3-35H,1-2H3. The van der Waals surface area contributed by atoms with Crippen LogP contribution in [0.3, 0.4) is 0 Å². The van der Waals surface area contributed by atoms with Gasteiger partial charge in [0.1, 0.15) is 0 Å². The lowest BCUT2D eigenvalue weighted by molar-refractivity contribution is 0.662. The van der Waals surface area contributed by atoms with Crippen LogP contribution in [-0.4, -0.2) is 14.5 Å². The summed E-state index contributed by atoms with van der Waals surface area (Å²) in [5, 5.41) is 5.94. The van der Waals surface area contributed by atoms with Crippen LogP contribution in [0.5, 0.6) is 0 Å². The van der Waals surface area contributed by atoms with Crippen LogP contribution in [0, 0.1) is 0 Å². The molecule has 0 bridgehead atoms. The van der Waals surface area contributed by atoms with Gasteiger partial charge in [-0.15, -0.1) is 0 Å². The molecule has 0 N–H and O–H groups in total. The van der Waals surface area contributed by atoms with Gasteiger partial charge in [-0.25, -0.2) is 9.97 Å². The van der Waals surface area contributed by atoms with Crippen LogP contribution in [-0.2, 0) is 5.41 Å². The zero-order valence-electron chi connectivity index (χ0n) is 33.4. The third kappa shape index (κ3) is 5.22. The summed E-state index contributed by atoms with van der Waals surface area (Å²) in [7, 11) is 0. The topological polar surface area (TPSA) is 30.7 Å². The first-order valence-electron chi connectivity index (χ1n) is 20.7. The number of hydrogen-bond acceptors (Lipinski definition) is 2. The Morgan fingerprint density at radius 2 is 1.07 bits per heavy atom. The average molecular weight is 766 g/mol. The molecule has 60 heavy (non-hydrogen) atoms. The van der Waals surface area contributed by atoms with E-state index in [1.54, 1.807) is 0 Å². The lowest BCUT2D eigenvalue weighted by Crippen LogP contribution is -2.16. The molecule has 3 heteroatoms. The Hall–Kier alpha value is -7.62. The quantitative estimate of drug-likeness (QED) is 0.175. The van der Waals surface area contributed by atoms with Crippen molar-refractivity contribution in [1.82, 2.24) is 14.5 Å². The van der Waals surface area contributed by atoms with Crippen LogP contribution in [0.15, 0.2) is 200 Å². The summed E-state index contributed by atoms with van der Waals surface area (Å²) in [5.74, 6) is 0.714. The molecule has 2 heterocycles. The number of aromatic nitrogens is 3. The van der Waals surface area contributed by atoms with Crippen molar-refractivity contribution in [2.24, 2.45) is 0 Å². The first kappa shape index (κ1) is 34.4. The summed E-state index contributed by atoms with van der Waals surface area (Å²) in [5.41, 5.74) is 17.6. The van der Waals surface area contributed by atoms with E-state index < -0.39 is 0 Å². The van der Waals surface area contributed by atoms with Gasteiger partial charge in [0.15, 0.2) is 5.82 Å². The second kappa shape index (κ2) is 13.2. The van der Waals surface area contributed by atoms with Crippen molar-refractivity contribution in [3.8, 4) is 61.7 Å². The molecule has 1 aliphatic rings. The fourth-order valence-electron chi connectivity index (χ4n) is 9.98. The van der Waals surface area contributed by atoms with Crippen molar-refractivity contribution in [3.63, 3.8) is 0 Å². The monoisotopic (exact) mass is 765 g/mol. The number of para-hydroxylation sites is 1. The zero-order chi connectivity index (χ0) is 40.0. The van der Waals surface area contributed by atoms with Crippen molar-refractivity contribution >= 4 is 43.5 Å². The highest BCUT2D eigenvalue weighted by molar-refractivity contribution is 6.13. The third-order valence-electron chi connectivity index (χ3n) is 12.8. The third-order valence-corrected chi connectivity index (χ3v) is 12.8. The van der Waals surface area contributed by atoms with E-state index in [1.165, 1.54) is 71.6 Å². The number of rotatable bonds is 5. The summed E-state index contributed by atoms with van der Waals surface area (Å²) >= 11 is 0. The highest BCUT2D eigenvalue weighted by Crippen LogP contribution is 2.52. The fourth-order valence-corrected chi connectivity index (χ4v) is 9.98. The van der Waals surface area contributed by atoms with Gasteiger partial charge in [0, 0.05) is 38.1 Å². The summed E-state index contributed by atoms with van der Waals surface area (Å²) in [6.07, 6.45) is 0. The maximum absolute atomic E-state index is 5.20. The molecule has 12 rings (SSSR count). The molecule has 0 fully saturated rings. The van der Waals surface area contributed by atoms with E-state index in [9.17, 15) is 0 Å². The molecule has 1 aliphatic carbocycles. The van der Waals surface area contributed by atoms with Gasteiger partial charge in [0.2, 0.25) is 0 Å². The van der Waals surface area contributed by atoms with Crippen LogP contribution in [0.25, 0.3) is 105 Å². The first-order chi connectivity index (χ1) is 29.5. The molecule has 0 amide bonds. The molecular weight excluding hydrogens is 727 g/mol. The van der Waals surface area contributed by atoms with Crippen molar-refractivity contribution in [3.05, 3.63) is 211 Å². The summed E-state index contributed by atoms with van der Waals surface area (Å²) < 4.78 is 2.47. The number of fused-ring (bicyclic) bond motifs is 8. The van der Waals surface area contributed by atoms with E-state index in [4.69, 9.17) is 9.97 Å². The first-order valence-corrected chi connectivity index (χ1v) is 20.7. The second-order valence-electron chi connectivity index (χ2n) is 16.6. The Balaban J connectivity index is 1.05. The Labute approximate surface area is 348 Å². The van der Waals surface area contributed by atoms with Gasteiger partial charge in [0.05, 0.1) is 27.9 Å². The Morgan fingerprint density at radius 1 is 0.400 bits per heavy atom. The van der Waals surface area contributed by atoms with Crippen LogP contribution in [0.1, 0.15) is 25.0 Å². The Morgan fingerprint density at radius 3 is 1.98 bits per heavy atom. The maximum atomic E-state index is 5.20. The molecule has 0 atom stereocenters. The zero-order valence-corrected chi connectivity index (χ0v) is 33.4. The molecule has 0 aliphatic heterocycles. The summed E-state index contributed by atoms with van der Waals surface area (Å²) in [6, 6.07) is 72.5. The fraction of sp³-hybridized carbons (Fsp3) is 0.0526. The van der Waals surface area contributed by atoms with Gasteiger partial charge in [-0.2, -0.15) is 0 Å². The maximum Gasteiger partial charge on any atom is 0.160 e. The van der Waals surface area contributed by atoms with Gasteiger partial charge < -0.3 is 4.57 Å². The van der Waals surface area contributed by atoms with E-state index in [1.807, 2.05) is 12.1 Å². The van der Waals surface area contributed by atoms with E-state index in [0.29, 0.717) is 5.82 Å². The lowest BCUT2D eigenvalue weighted by Gasteiger charge is -2.24. The van der Waals surface area contributed by atoms with Gasteiger partial charge in [0.25, 0.3) is 0 Å². The van der Waals surface area contributed by atoms with Crippen molar-refractivity contribution in [1.29, 1.82) is 0 Å². The molecule has 282 valence electrons. The van der Waals surface area contributed by atoms with E-state index in [2.05, 4.69) is 206 Å². The molecule has 3 nitrogen and oxygen atoms in total. The normalized spacial score (nSPS) is 13.0. The number of hydrogen-bond donors (Lipinski definition) is 0. The summed E-state index contributed by atoms with van der Waals surface area (Å²) in [6.45, 7) is 4.74. The van der Waals surface area contributed by atoms with Crippen molar-refractivity contribution in [2.75, 3.05) is 0 Å². The average Bonchev–Trinajstić information content (AvgIpc) is 3.76. The van der Waals surface area contributed by atoms with Gasteiger partial charge >= 0.3 is 0 Å². The van der Waals surface area contributed by atoms with Gasteiger partial charge in [-0.1, -0.05) is 178 Å². The van der Waals surface area contributed by atoms with E-state index in [-0.39, 0.29) is 5.41 Å². The van der Waals surface area contributed by atoms with Gasteiger partial charge in [-0.05, 0) is 86.3 Å². The van der Waals surface area contributed by atoms with E-state index >= 15 is 0 Å². The molecular formula is C57H39N3. The molecule has 0 spiro atoms. The van der Waals surface area contributed by atoms with Crippen LogP contribution < -0.4 is 0 Å². The van der Waals surface area contributed by atoms with E-state index in [0.717, 1.165) is 38.9 Å². The Bertz CT molecular complexity index is 3510. The molecule has 0 radical (unpaired) electrons. The minimum atomic E-state index is -0.112. The lowest BCUT2D eigenvalue weighted by atomic mass is 9.79. The SMILES string of the molecule is CC1(C)c2ccccc2-c2cccc(-c3ccc4c(c3)c3ccc(-c5cccc(-c6nc(-c7ccccc7)c7ccccc7n6)c5)cc3n4-c3cccc4ccccc34)c21. The smallest absolute Gasteiger partial charge is 0.160 e. The van der Waals surface area contributed by atoms with Crippen molar-refractivity contribution in [2.45, 2.75) is 19.3 Å². The highest BCUT2D eigenvalue weighted by atomic mass is 15.0. The molecule has 2 aromatic heterocycles. The number of benzene rings is 9.